The van der Waals surface area contributed by atoms with E-state index in [2.05, 4.69) is 43.1 Å². The molecule has 0 aromatic carbocycles. The molecule has 1 amide bonds. The molecule has 0 aromatic heterocycles. The molecule has 44 heavy (non-hydrogen) atoms. The van der Waals surface area contributed by atoms with Crippen LogP contribution < -0.4 is 0 Å². The molecule has 0 spiro atoms. The Morgan fingerprint density at radius 1 is 0.568 bits per heavy atom. The number of aliphatic imine (C=N–C) groups is 1. The fourth-order valence-electron chi connectivity index (χ4n) is 5.41. The third kappa shape index (κ3) is 33.0. The molecule has 256 valence electrons. The lowest BCUT2D eigenvalue weighted by Crippen LogP contribution is -2.27. The Morgan fingerprint density at radius 3 is 1.30 bits per heavy atom. The van der Waals surface area contributed by atoms with E-state index >= 15 is 0 Å². The minimum Gasteiger partial charge on any atom is -0.481 e. The van der Waals surface area contributed by atoms with Crippen LogP contribution in [0.15, 0.2) is 29.3 Å². The monoisotopic (exact) mass is 617 g/mol. The van der Waals surface area contributed by atoms with Crippen LogP contribution in [0.5, 0.6) is 0 Å². The van der Waals surface area contributed by atoms with Crippen LogP contribution in [-0.4, -0.2) is 41.3 Å². The lowest BCUT2D eigenvalue weighted by atomic mass is 10.1. The van der Waals surface area contributed by atoms with E-state index in [0.717, 1.165) is 32.4 Å². The van der Waals surface area contributed by atoms with E-state index < -0.39 is 5.97 Å². The number of rotatable bonds is 30. The molecule has 0 unspecified atom stereocenters. The molecule has 1 rings (SSSR count). The summed E-state index contributed by atoms with van der Waals surface area (Å²) in [5, 5.41) is 8.51. The van der Waals surface area contributed by atoms with Gasteiger partial charge in [-0.1, -0.05) is 141 Å². The number of nitrogens with zero attached hydrogens (tertiary/aromatic N) is 2. The molecule has 1 N–H and O–H groups in total. The van der Waals surface area contributed by atoms with E-state index in [9.17, 15) is 9.59 Å². The molecule has 0 aliphatic carbocycles. The van der Waals surface area contributed by atoms with E-state index in [4.69, 9.17) is 5.11 Å². The number of aliphatic carboxylic acids is 1. The van der Waals surface area contributed by atoms with Crippen LogP contribution in [0, 0.1) is 0 Å². The number of allylic oxidation sites excluding steroid dienone is 4. The number of carboxylic acids is 1. The summed E-state index contributed by atoms with van der Waals surface area (Å²) in [5.74, 6) is -0.420. The Hall–Kier alpha value is -1.91. The van der Waals surface area contributed by atoms with Crippen molar-refractivity contribution in [1.29, 1.82) is 0 Å². The molecule has 0 aromatic rings. The summed E-state index contributed by atoms with van der Waals surface area (Å²) in [6, 6.07) is 0. The fourth-order valence-corrected chi connectivity index (χ4v) is 5.41. The minimum absolute atomic E-state index is 0.244. The Labute approximate surface area is 273 Å². The number of carbonyl (C=O) groups excluding carboxylic acids is 1. The van der Waals surface area contributed by atoms with Crippen molar-refractivity contribution in [1.82, 2.24) is 4.90 Å². The van der Waals surface area contributed by atoms with Crippen molar-refractivity contribution in [2.45, 2.75) is 194 Å². The second-order valence-corrected chi connectivity index (χ2v) is 12.7. The molecular weight excluding hydrogens is 544 g/mol. The summed E-state index contributed by atoms with van der Waals surface area (Å²) in [5.41, 5.74) is 0. The number of hydrogen-bond donors (Lipinski definition) is 1. The van der Waals surface area contributed by atoms with Crippen LogP contribution in [0.3, 0.4) is 0 Å². The Morgan fingerprint density at radius 2 is 0.932 bits per heavy atom. The maximum atomic E-state index is 11.8. The number of carbonyl (C=O) groups is 2. The van der Waals surface area contributed by atoms with Crippen molar-refractivity contribution in [3.63, 3.8) is 0 Å². The molecule has 5 nitrogen and oxygen atoms in total. The SMILES string of the molecule is CCCCCCCCC=CCCCCCCCC(=O)N1C=NCC1.CCCCCCCCC=CCCCCCCCC(=O)O. The van der Waals surface area contributed by atoms with Gasteiger partial charge in [-0.15, -0.1) is 0 Å². The third-order valence-corrected chi connectivity index (χ3v) is 8.32. The zero-order valence-electron chi connectivity index (χ0n) is 29.3. The first kappa shape index (κ1) is 42.1. The predicted octanol–water partition coefficient (Wildman–Crippen LogP) is 12.0. The van der Waals surface area contributed by atoms with Gasteiger partial charge in [0.05, 0.1) is 12.9 Å². The molecule has 0 atom stereocenters. The first-order valence-electron chi connectivity index (χ1n) is 18.9. The molecule has 0 saturated carbocycles. The van der Waals surface area contributed by atoms with Gasteiger partial charge >= 0.3 is 5.97 Å². The van der Waals surface area contributed by atoms with Gasteiger partial charge < -0.3 is 10.0 Å². The van der Waals surface area contributed by atoms with Gasteiger partial charge in [-0.05, 0) is 64.2 Å². The van der Waals surface area contributed by atoms with Crippen molar-refractivity contribution in [3.05, 3.63) is 24.3 Å². The van der Waals surface area contributed by atoms with E-state index in [-0.39, 0.29) is 5.91 Å². The summed E-state index contributed by atoms with van der Waals surface area (Å²) in [7, 11) is 0. The van der Waals surface area contributed by atoms with Crippen LogP contribution >= 0.6 is 0 Å². The summed E-state index contributed by atoms with van der Waals surface area (Å²) >= 11 is 0. The number of carboxylic acid groups (broad SMARTS) is 1. The highest BCUT2D eigenvalue weighted by Gasteiger charge is 2.13. The predicted molar refractivity (Wildman–Crippen MR) is 192 cm³/mol. The molecule has 0 bridgehead atoms. The zero-order valence-corrected chi connectivity index (χ0v) is 29.3. The van der Waals surface area contributed by atoms with Gasteiger partial charge in [0.2, 0.25) is 5.91 Å². The first-order chi connectivity index (χ1) is 21.6. The van der Waals surface area contributed by atoms with E-state index in [1.54, 1.807) is 11.2 Å². The summed E-state index contributed by atoms with van der Waals surface area (Å²) < 4.78 is 0. The van der Waals surface area contributed by atoms with Crippen LogP contribution in [0.4, 0.5) is 0 Å². The quantitative estimate of drug-likeness (QED) is 0.0644. The Balaban J connectivity index is 0.000000856. The highest BCUT2D eigenvalue weighted by Crippen LogP contribution is 2.12. The van der Waals surface area contributed by atoms with Crippen LogP contribution in [-0.2, 0) is 9.59 Å². The second kappa shape index (κ2) is 35.6. The maximum absolute atomic E-state index is 11.8. The van der Waals surface area contributed by atoms with Crippen LogP contribution in [0.2, 0.25) is 0 Å². The van der Waals surface area contributed by atoms with Crippen molar-refractivity contribution >= 4 is 18.2 Å². The number of amides is 1. The summed E-state index contributed by atoms with van der Waals surface area (Å²) in [6.07, 6.45) is 45.2. The highest BCUT2D eigenvalue weighted by atomic mass is 16.4. The topological polar surface area (TPSA) is 70.0 Å². The van der Waals surface area contributed by atoms with Gasteiger partial charge in [-0.3, -0.25) is 14.6 Å². The van der Waals surface area contributed by atoms with Crippen LogP contribution in [0.25, 0.3) is 0 Å². The van der Waals surface area contributed by atoms with Crippen molar-refractivity contribution < 1.29 is 14.7 Å². The normalized spacial score (nSPS) is 12.8. The minimum atomic E-state index is -0.664. The zero-order chi connectivity index (χ0) is 32.2. The Kier molecular flexibility index (Phi) is 34.0. The first-order valence-corrected chi connectivity index (χ1v) is 18.9. The standard InChI is InChI=1S/C21H38N2O.C18H34O2/c1-2-3-4-5-6-7-8-9-10-11-12-13-14-15-16-17-21(24)23-19-18-22-20-23;1-2-3-4-5-6-7-8-9-10-11-12-13-14-15-16-17-18(19)20/h9-10,20H,2-8,11-19H2,1H3;9-10H,2-8,11-17H2,1H3,(H,19,20). The molecule has 0 saturated heterocycles. The van der Waals surface area contributed by atoms with Gasteiger partial charge in [-0.2, -0.15) is 0 Å². The van der Waals surface area contributed by atoms with Gasteiger partial charge in [0.1, 0.15) is 0 Å². The highest BCUT2D eigenvalue weighted by molar-refractivity contribution is 5.88. The molecule has 0 fully saturated rings. The van der Waals surface area contributed by atoms with Crippen molar-refractivity contribution in [3.8, 4) is 0 Å². The molecule has 1 heterocycles. The van der Waals surface area contributed by atoms with E-state index in [0.29, 0.717) is 12.8 Å². The van der Waals surface area contributed by atoms with Gasteiger partial charge in [0.25, 0.3) is 0 Å². The average molecular weight is 617 g/mol. The third-order valence-electron chi connectivity index (χ3n) is 8.32. The van der Waals surface area contributed by atoms with Crippen molar-refractivity contribution in [2.75, 3.05) is 13.1 Å². The maximum Gasteiger partial charge on any atom is 0.303 e. The summed E-state index contributed by atoms with van der Waals surface area (Å²) in [6.45, 7) is 6.09. The lowest BCUT2D eigenvalue weighted by Gasteiger charge is -2.11. The molecule has 5 heteroatoms. The van der Waals surface area contributed by atoms with E-state index in [1.165, 1.54) is 148 Å². The largest absolute Gasteiger partial charge is 0.481 e. The Bertz CT molecular complexity index is 716. The smallest absolute Gasteiger partial charge is 0.303 e. The van der Waals surface area contributed by atoms with Gasteiger partial charge in [-0.25, -0.2) is 0 Å². The average Bonchev–Trinajstić information content (AvgIpc) is 3.57. The molecule has 1 aliphatic rings. The lowest BCUT2D eigenvalue weighted by molar-refractivity contribution is -0.137. The van der Waals surface area contributed by atoms with Gasteiger partial charge in [0, 0.05) is 19.4 Å². The molecule has 0 radical (unpaired) electrons. The molecular formula is C39H72N2O3. The fraction of sp³-hybridized carbons (Fsp3) is 0.821. The van der Waals surface area contributed by atoms with Crippen LogP contribution in [0.1, 0.15) is 194 Å². The number of unbranched alkanes of at least 4 members (excludes halogenated alkanes) is 22. The second-order valence-electron chi connectivity index (χ2n) is 12.7. The number of hydrogen-bond acceptors (Lipinski definition) is 3. The van der Waals surface area contributed by atoms with Crippen molar-refractivity contribution in [2.24, 2.45) is 4.99 Å². The van der Waals surface area contributed by atoms with E-state index in [1.807, 2.05) is 0 Å². The summed E-state index contributed by atoms with van der Waals surface area (Å²) in [4.78, 5) is 28.0. The molecule has 1 aliphatic heterocycles. The van der Waals surface area contributed by atoms with Gasteiger partial charge in [0.15, 0.2) is 0 Å².